The van der Waals surface area contributed by atoms with Crippen LogP contribution in [0, 0.1) is 0 Å². The maximum absolute atomic E-state index is 11.8. The molecule has 0 aliphatic carbocycles. The summed E-state index contributed by atoms with van der Waals surface area (Å²) in [5.74, 6) is 0.0379. The molecule has 96 valence electrons. The molecule has 0 spiro atoms. The van der Waals surface area contributed by atoms with Crippen molar-refractivity contribution >= 4 is 21.4 Å². The molecule has 1 N–H and O–H groups in total. The van der Waals surface area contributed by atoms with Crippen molar-refractivity contribution in [2.45, 2.75) is 31.6 Å². The van der Waals surface area contributed by atoms with Crippen molar-refractivity contribution in [2.24, 2.45) is 0 Å². The summed E-state index contributed by atoms with van der Waals surface area (Å²) in [7, 11) is -3.25. The molecular weight excluding hydrogens is 260 g/mol. The fraction of sp³-hybridized carbons (Fsp3) is 0.500. The normalized spacial score (nSPS) is 15.5. The SMILES string of the molecule is CC[C@@H]([C@H](O)c1ccc(Cl)cc1)S(=O)(=O)CC. The van der Waals surface area contributed by atoms with Crippen molar-refractivity contribution in [3.63, 3.8) is 0 Å². The minimum atomic E-state index is -3.25. The smallest absolute Gasteiger partial charge is 0.155 e. The largest absolute Gasteiger partial charge is 0.387 e. The second kappa shape index (κ2) is 5.85. The van der Waals surface area contributed by atoms with Gasteiger partial charge in [-0.3, -0.25) is 0 Å². The molecule has 0 radical (unpaired) electrons. The minimum absolute atomic E-state index is 0.0379. The molecular formula is C12H17ClO3S. The van der Waals surface area contributed by atoms with E-state index in [-0.39, 0.29) is 5.75 Å². The van der Waals surface area contributed by atoms with Crippen LogP contribution in [0.25, 0.3) is 0 Å². The zero-order valence-electron chi connectivity index (χ0n) is 9.93. The zero-order valence-corrected chi connectivity index (χ0v) is 11.5. The first kappa shape index (κ1) is 14.5. The molecule has 0 saturated heterocycles. The fourth-order valence-electron chi connectivity index (χ4n) is 1.76. The van der Waals surface area contributed by atoms with Crippen LogP contribution in [0.15, 0.2) is 24.3 Å². The topological polar surface area (TPSA) is 54.4 Å². The molecule has 1 aromatic carbocycles. The van der Waals surface area contributed by atoms with E-state index in [1.807, 2.05) is 0 Å². The molecule has 17 heavy (non-hydrogen) atoms. The molecule has 0 aliphatic heterocycles. The number of aliphatic hydroxyl groups excluding tert-OH is 1. The van der Waals surface area contributed by atoms with Crippen molar-refractivity contribution in [1.82, 2.24) is 0 Å². The average molecular weight is 277 g/mol. The number of hydrogen-bond donors (Lipinski definition) is 1. The van der Waals surface area contributed by atoms with Crippen LogP contribution in [-0.4, -0.2) is 24.5 Å². The highest BCUT2D eigenvalue weighted by atomic mass is 35.5. The van der Waals surface area contributed by atoms with Crippen molar-refractivity contribution in [1.29, 1.82) is 0 Å². The molecule has 5 heteroatoms. The lowest BCUT2D eigenvalue weighted by molar-refractivity contribution is 0.169. The summed E-state index contributed by atoms with van der Waals surface area (Å²) in [6.07, 6.45) is -0.609. The van der Waals surface area contributed by atoms with E-state index in [1.54, 1.807) is 38.1 Å². The molecule has 0 aromatic heterocycles. The number of sulfone groups is 1. The van der Waals surface area contributed by atoms with Gasteiger partial charge in [-0.25, -0.2) is 8.42 Å². The number of benzene rings is 1. The molecule has 0 bridgehead atoms. The summed E-state index contributed by atoms with van der Waals surface area (Å²) in [6, 6.07) is 6.60. The molecule has 0 fully saturated rings. The Balaban J connectivity index is 3.02. The van der Waals surface area contributed by atoms with Gasteiger partial charge in [0.05, 0.1) is 11.4 Å². The number of hydrogen-bond acceptors (Lipinski definition) is 3. The van der Waals surface area contributed by atoms with Crippen LogP contribution in [0.2, 0.25) is 5.02 Å². The van der Waals surface area contributed by atoms with Gasteiger partial charge in [0.15, 0.2) is 9.84 Å². The maximum atomic E-state index is 11.8. The minimum Gasteiger partial charge on any atom is -0.387 e. The fourth-order valence-corrected chi connectivity index (χ4v) is 3.37. The van der Waals surface area contributed by atoms with Gasteiger partial charge in [-0.2, -0.15) is 0 Å². The Morgan fingerprint density at radius 3 is 2.18 bits per heavy atom. The number of aliphatic hydroxyl groups is 1. The first-order valence-corrected chi connectivity index (χ1v) is 7.66. The lowest BCUT2D eigenvalue weighted by Gasteiger charge is -2.21. The highest BCUT2D eigenvalue weighted by molar-refractivity contribution is 7.92. The van der Waals surface area contributed by atoms with E-state index < -0.39 is 21.2 Å². The lowest BCUT2D eigenvalue weighted by atomic mass is 10.1. The van der Waals surface area contributed by atoms with Crippen LogP contribution in [0.3, 0.4) is 0 Å². The Morgan fingerprint density at radius 2 is 1.76 bits per heavy atom. The van der Waals surface area contributed by atoms with E-state index in [1.165, 1.54) is 0 Å². The first-order chi connectivity index (χ1) is 7.92. The third kappa shape index (κ3) is 3.44. The van der Waals surface area contributed by atoms with Crippen molar-refractivity contribution in [3.8, 4) is 0 Å². The third-order valence-electron chi connectivity index (χ3n) is 2.83. The Bertz CT molecular complexity index is 453. The second-order valence-electron chi connectivity index (χ2n) is 3.89. The molecule has 3 nitrogen and oxygen atoms in total. The highest BCUT2D eigenvalue weighted by Crippen LogP contribution is 2.26. The lowest BCUT2D eigenvalue weighted by Crippen LogP contribution is -2.29. The highest BCUT2D eigenvalue weighted by Gasteiger charge is 2.30. The maximum Gasteiger partial charge on any atom is 0.155 e. The van der Waals surface area contributed by atoms with Crippen LogP contribution >= 0.6 is 11.6 Å². The summed E-state index contributed by atoms with van der Waals surface area (Å²) >= 11 is 5.75. The standard InChI is InChI=1S/C12H17ClO3S/c1-3-11(17(15,16)4-2)12(14)9-5-7-10(13)8-6-9/h5-8,11-12,14H,3-4H2,1-2H3/t11-,12+/m0/s1. The van der Waals surface area contributed by atoms with E-state index >= 15 is 0 Å². The van der Waals surface area contributed by atoms with Crippen LogP contribution < -0.4 is 0 Å². The van der Waals surface area contributed by atoms with Crippen molar-refractivity contribution in [3.05, 3.63) is 34.9 Å². The van der Waals surface area contributed by atoms with Gasteiger partial charge in [-0.05, 0) is 24.1 Å². The zero-order chi connectivity index (χ0) is 13.1. The van der Waals surface area contributed by atoms with E-state index in [9.17, 15) is 13.5 Å². The summed E-state index contributed by atoms with van der Waals surface area (Å²) in [5.41, 5.74) is 0.582. The van der Waals surface area contributed by atoms with Gasteiger partial charge in [0, 0.05) is 10.8 Å². The van der Waals surface area contributed by atoms with Gasteiger partial charge in [-0.1, -0.05) is 37.6 Å². The quantitative estimate of drug-likeness (QED) is 0.899. The Labute approximate surface area is 107 Å². The van der Waals surface area contributed by atoms with Crippen molar-refractivity contribution < 1.29 is 13.5 Å². The molecule has 0 unspecified atom stereocenters. The van der Waals surface area contributed by atoms with E-state index in [2.05, 4.69) is 0 Å². The molecule has 1 aromatic rings. The van der Waals surface area contributed by atoms with Crippen LogP contribution in [0.5, 0.6) is 0 Å². The number of halogens is 1. The molecule has 0 saturated carbocycles. The van der Waals surface area contributed by atoms with Gasteiger partial charge in [0.1, 0.15) is 0 Å². The van der Waals surface area contributed by atoms with Gasteiger partial charge < -0.3 is 5.11 Å². The molecule has 0 aliphatic rings. The van der Waals surface area contributed by atoms with Gasteiger partial charge >= 0.3 is 0 Å². The predicted octanol–water partition coefficient (Wildman–Crippen LogP) is 2.59. The predicted molar refractivity (Wildman–Crippen MR) is 70.0 cm³/mol. The van der Waals surface area contributed by atoms with E-state index in [0.29, 0.717) is 17.0 Å². The summed E-state index contributed by atoms with van der Waals surface area (Å²) in [4.78, 5) is 0. The Kier molecular flexibility index (Phi) is 4.98. The van der Waals surface area contributed by atoms with Crippen LogP contribution in [0.1, 0.15) is 31.9 Å². The second-order valence-corrected chi connectivity index (χ2v) is 6.84. The first-order valence-electron chi connectivity index (χ1n) is 5.57. The number of rotatable bonds is 5. The molecule has 0 heterocycles. The molecule has 0 amide bonds. The van der Waals surface area contributed by atoms with Crippen LogP contribution in [-0.2, 0) is 9.84 Å². The summed E-state index contributed by atoms with van der Waals surface area (Å²) in [5, 5.41) is 9.92. The summed E-state index contributed by atoms with van der Waals surface area (Å²) < 4.78 is 23.7. The molecule has 2 atom stereocenters. The molecule has 1 rings (SSSR count). The Morgan fingerprint density at radius 1 is 1.24 bits per heavy atom. The van der Waals surface area contributed by atoms with E-state index in [4.69, 9.17) is 11.6 Å². The van der Waals surface area contributed by atoms with E-state index in [0.717, 1.165) is 0 Å². The van der Waals surface area contributed by atoms with Gasteiger partial charge in [0.25, 0.3) is 0 Å². The summed E-state index contributed by atoms with van der Waals surface area (Å²) in [6.45, 7) is 3.35. The Hall–Kier alpha value is -0.580. The monoisotopic (exact) mass is 276 g/mol. The van der Waals surface area contributed by atoms with Gasteiger partial charge in [0.2, 0.25) is 0 Å². The van der Waals surface area contributed by atoms with Gasteiger partial charge in [-0.15, -0.1) is 0 Å². The van der Waals surface area contributed by atoms with Crippen LogP contribution in [0.4, 0.5) is 0 Å². The van der Waals surface area contributed by atoms with Crippen molar-refractivity contribution in [2.75, 3.05) is 5.75 Å². The third-order valence-corrected chi connectivity index (χ3v) is 5.40. The average Bonchev–Trinajstić information content (AvgIpc) is 2.30.